The van der Waals surface area contributed by atoms with E-state index in [4.69, 9.17) is 8.83 Å². The molecule has 2 heterocycles. The number of anilines is 3. The molecule has 0 aliphatic rings. The van der Waals surface area contributed by atoms with Crippen LogP contribution >= 0.6 is 0 Å². The van der Waals surface area contributed by atoms with Crippen LogP contribution < -0.4 is 4.90 Å². The van der Waals surface area contributed by atoms with Crippen molar-refractivity contribution in [2.24, 2.45) is 0 Å². The molecular formula is C40H25NO2. The number of nitrogens with zero attached hydrogens (tertiary/aromatic N) is 1. The SMILES string of the molecule is c1ccc(N(c2ccccc2)c2cccc3oc4c(-c5cccc6c5oc5ccccc56)c5ccccc5cc4c23)cc1. The number of furan rings is 2. The van der Waals surface area contributed by atoms with E-state index in [9.17, 15) is 0 Å². The molecule has 3 nitrogen and oxygen atoms in total. The minimum Gasteiger partial charge on any atom is -0.455 e. The lowest BCUT2D eigenvalue weighted by Gasteiger charge is -2.26. The van der Waals surface area contributed by atoms with Crippen molar-refractivity contribution in [2.45, 2.75) is 0 Å². The second-order valence-electron chi connectivity index (χ2n) is 10.9. The first kappa shape index (κ1) is 23.9. The Labute approximate surface area is 247 Å². The summed E-state index contributed by atoms with van der Waals surface area (Å²) in [4.78, 5) is 2.31. The van der Waals surface area contributed by atoms with Crippen molar-refractivity contribution in [2.75, 3.05) is 4.90 Å². The van der Waals surface area contributed by atoms with Crippen LogP contribution in [0, 0.1) is 0 Å². The molecule has 0 atom stereocenters. The molecule has 9 aromatic rings. The normalized spacial score (nSPS) is 11.7. The number of benzene rings is 7. The van der Waals surface area contributed by atoms with E-state index in [0.29, 0.717) is 0 Å². The second-order valence-corrected chi connectivity index (χ2v) is 10.9. The molecule has 43 heavy (non-hydrogen) atoms. The summed E-state index contributed by atoms with van der Waals surface area (Å²) >= 11 is 0. The number of hydrogen-bond donors (Lipinski definition) is 0. The highest BCUT2D eigenvalue weighted by atomic mass is 16.3. The van der Waals surface area contributed by atoms with Gasteiger partial charge in [0.1, 0.15) is 22.3 Å². The highest BCUT2D eigenvalue weighted by molar-refractivity contribution is 6.24. The van der Waals surface area contributed by atoms with E-state index in [2.05, 4.69) is 144 Å². The van der Waals surface area contributed by atoms with Gasteiger partial charge < -0.3 is 13.7 Å². The molecule has 2 aromatic heterocycles. The van der Waals surface area contributed by atoms with Crippen molar-refractivity contribution in [3.05, 3.63) is 152 Å². The van der Waals surface area contributed by atoms with E-state index in [1.807, 2.05) is 12.1 Å². The van der Waals surface area contributed by atoms with Crippen LogP contribution in [-0.2, 0) is 0 Å². The van der Waals surface area contributed by atoms with Gasteiger partial charge >= 0.3 is 0 Å². The summed E-state index contributed by atoms with van der Waals surface area (Å²) < 4.78 is 13.4. The minimum atomic E-state index is 0.845. The van der Waals surface area contributed by atoms with Crippen molar-refractivity contribution < 1.29 is 8.83 Å². The fraction of sp³-hybridized carbons (Fsp3) is 0. The van der Waals surface area contributed by atoms with Crippen LogP contribution in [0.25, 0.3) is 65.8 Å². The van der Waals surface area contributed by atoms with Gasteiger partial charge in [-0.2, -0.15) is 0 Å². The quantitative estimate of drug-likeness (QED) is 0.218. The lowest BCUT2D eigenvalue weighted by atomic mass is 9.93. The molecule has 3 heteroatoms. The first-order valence-electron chi connectivity index (χ1n) is 14.5. The third-order valence-corrected chi connectivity index (χ3v) is 8.43. The summed E-state index contributed by atoms with van der Waals surface area (Å²) in [7, 11) is 0. The monoisotopic (exact) mass is 551 g/mol. The van der Waals surface area contributed by atoms with Gasteiger partial charge in [0.05, 0.1) is 11.1 Å². The van der Waals surface area contributed by atoms with E-state index in [1.54, 1.807) is 0 Å². The molecule has 0 N–H and O–H groups in total. The van der Waals surface area contributed by atoms with Crippen LogP contribution in [0.3, 0.4) is 0 Å². The van der Waals surface area contributed by atoms with Crippen LogP contribution in [0.15, 0.2) is 160 Å². The molecule has 0 aliphatic heterocycles. The van der Waals surface area contributed by atoms with Crippen molar-refractivity contribution in [3.63, 3.8) is 0 Å². The Morgan fingerprint density at radius 2 is 1.02 bits per heavy atom. The van der Waals surface area contributed by atoms with Crippen LogP contribution in [0.5, 0.6) is 0 Å². The molecule has 7 aromatic carbocycles. The van der Waals surface area contributed by atoms with Gasteiger partial charge in [0, 0.05) is 38.7 Å². The molecule has 0 bridgehead atoms. The van der Waals surface area contributed by atoms with Gasteiger partial charge in [-0.1, -0.05) is 103 Å². The number of fused-ring (bicyclic) bond motifs is 7. The van der Waals surface area contributed by atoms with Crippen molar-refractivity contribution in [1.29, 1.82) is 0 Å². The Morgan fingerprint density at radius 3 is 1.81 bits per heavy atom. The van der Waals surface area contributed by atoms with Gasteiger partial charge in [-0.3, -0.25) is 0 Å². The molecule has 0 fully saturated rings. The maximum atomic E-state index is 6.86. The number of rotatable bonds is 4. The third-order valence-electron chi connectivity index (χ3n) is 8.43. The lowest BCUT2D eigenvalue weighted by Crippen LogP contribution is -2.09. The standard InChI is InChI=1S/C40H25NO2/c1-3-14-27(15-4-1)41(28-16-5-2-6-17-28)34-22-12-24-36-38(34)33-25-26-13-7-8-18-29(26)37(40(33)43-36)32-21-11-20-31-30-19-9-10-23-35(30)42-39(31)32/h1-25H. The van der Waals surface area contributed by atoms with E-state index in [0.717, 1.165) is 82.8 Å². The van der Waals surface area contributed by atoms with E-state index in [-0.39, 0.29) is 0 Å². The van der Waals surface area contributed by atoms with Gasteiger partial charge in [-0.25, -0.2) is 0 Å². The molecular weight excluding hydrogens is 526 g/mol. The highest BCUT2D eigenvalue weighted by Crippen LogP contribution is 2.48. The van der Waals surface area contributed by atoms with Crippen LogP contribution in [-0.4, -0.2) is 0 Å². The van der Waals surface area contributed by atoms with E-state index < -0.39 is 0 Å². The molecule has 202 valence electrons. The van der Waals surface area contributed by atoms with Gasteiger partial charge in [-0.05, 0) is 59.3 Å². The van der Waals surface area contributed by atoms with Crippen LogP contribution in [0.1, 0.15) is 0 Å². The largest absolute Gasteiger partial charge is 0.455 e. The number of para-hydroxylation sites is 4. The minimum absolute atomic E-state index is 0.845. The first-order chi connectivity index (χ1) is 21.3. The fourth-order valence-electron chi connectivity index (χ4n) is 6.58. The first-order valence-corrected chi connectivity index (χ1v) is 14.5. The molecule has 0 saturated carbocycles. The van der Waals surface area contributed by atoms with Crippen LogP contribution in [0.2, 0.25) is 0 Å². The average molecular weight is 552 g/mol. The van der Waals surface area contributed by atoms with Crippen molar-refractivity contribution in [3.8, 4) is 11.1 Å². The fourth-order valence-corrected chi connectivity index (χ4v) is 6.58. The molecule has 0 amide bonds. The zero-order valence-electron chi connectivity index (χ0n) is 23.2. The summed E-state index contributed by atoms with van der Waals surface area (Å²) in [6.45, 7) is 0. The van der Waals surface area contributed by atoms with Gasteiger partial charge in [0.15, 0.2) is 0 Å². The Hall–Kier alpha value is -5.80. The maximum Gasteiger partial charge on any atom is 0.144 e. The van der Waals surface area contributed by atoms with E-state index in [1.165, 1.54) is 0 Å². The van der Waals surface area contributed by atoms with E-state index >= 15 is 0 Å². The highest BCUT2D eigenvalue weighted by Gasteiger charge is 2.24. The Balaban J connectivity index is 1.41. The molecule has 0 saturated heterocycles. The van der Waals surface area contributed by atoms with Gasteiger partial charge in [-0.15, -0.1) is 0 Å². The number of hydrogen-bond acceptors (Lipinski definition) is 3. The maximum absolute atomic E-state index is 6.86. The van der Waals surface area contributed by atoms with Crippen molar-refractivity contribution >= 4 is 71.7 Å². The molecule has 9 rings (SSSR count). The summed E-state index contributed by atoms with van der Waals surface area (Å²) in [5, 5.41) is 6.65. The van der Waals surface area contributed by atoms with Crippen molar-refractivity contribution in [1.82, 2.24) is 0 Å². The molecule has 0 aliphatic carbocycles. The summed E-state index contributed by atoms with van der Waals surface area (Å²) in [6, 6.07) is 52.9. The lowest BCUT2D eigenvalue weighted by molar-refractivity contribution is 0.665. The summed E-state index contributed by atoms with van der Waals surface area (Å²) in [6.07, 6.45) is 0. The Morgan fingerprint density at radius 1 is 0.419 bits per heavy atom. The average Bonchev–Trinajstić information content (AvgIpc) is 3.64. The molecule has 0 spiro atoms. The predicted octanol–water partition coefficient (Wildman–Crippen LogP) is 11.8. The smallest absolute Gasteiger partial charge is 0.144 e. The summed E-state index contributed by atoms with van der Waals surface area (Å²) in [5.41, 5.74) is 8.77. The Kier molecular flexibility index (Phi) is 5.20. The second kappa shape index (κ2) is 9.37. The van der Waals surface area contributed by atoms with Gasteiger partial charge in [0.2, 0.25) is 0 Å². The third kappa shape index (κ3) is 3.62. The Bertz CT molecular complexity index is 2410. The molecule has 0 unspecified atom stereocenters. The van der Waals surface area contributed by atoms with Crippen LogP contribution in [0.4, 0.5) is 17.1 Å². The predicted molar refractivity (Wildman–Crippen MR) is 179 cm³/mol. The van der Waals surface area contributed by atoms with Gasteiger partial charge in [0.25, 0.3) is 0 Å². The zero-order chi connectivity index (χ0) is 28.3. The topological polar surface area (TPSA) is 29.5 Å². The zero-order valence-corrected chi connectivity index (χ0v) is 23.2. The molecule has 0 radical (unpaired) electrons. The summed E-state index contributed by atoms with van der Waals surface area (Å²) in [5.74, 6) is 0.